The van der Waals surface area contributed by atoms with Crippen LogP contribution in [0.4, 0.5) is 10.1 Å². The van der Waals surface area contributed by atoms with Crippen molar-refractivity contribution in [2.24, 2.45) is 0 Å². The number of carbonyl (C=O) groups is 2. The lowest BCUT2D eigenvalue weighted by atomic mass is 10.2. The number of halogens is 1. The molecule has 0 radical (unpaired) electrons. The molecule has 0 atom stereocenters. The van der Waals surface area contributed by atoms with E-state index < -0.39 is 11.7 Å². The van der Waals surface area contributed by atoms with E-state index in [-0.39, 0.29) is 18.0 Å². The minimum Gasteiger partial charge on any atom is -0.350 e. The number of nitrogens with zero attached hydrogens (tertiary/aromatic N) is 1. The SMILES string of the molecule is CC(=O)N(CCNC(=O)c1ccccc1F)c1ccccc1. The van der Waals surface area contributed by atoms with Gasteiger partial charge in [0.15, 0.2) is 0 Å². The first-order valence-electron chi connectivity index (χ1n) is 6.95. The number of nitrogens with one attached hydrogen (secondary N) is 1. The van der Waals surface area contributed by atoms with Gasteiger partial charge in [-0.1, -0.05) is 30.3 Å². The number of para-hydroxylation sites is 1. The van der Waals surface area contributed by atoms with Crippen molar-refractivity contribution in [2.45, 2.75) is 6.92 Å². The monoisotopic (exact) mass is 300 g/mol. The molecule has 0 bridgehead atoms. The highest BCUT2D eigenvalue weighted by Gasteiger charge is 2.13. The van der Waals surface area contributed by atoms with E-state index in [1.54, 1.807) is 11.0 Å². The molecule has 2 rings (SSSR count). The maximum atomic E-state index is 13.5. The molecule has 0 saturated carbocycles. The van der Waals surface area contributed by atoms with Crippen molar-refractivity contribution in [3.05, 3.63) is 66.0 Å². The summed E-state index contributed by atoms with van der Waals surface area (Å²) in [5.74, 6) is -1.17. The van der Waals surface area contributed by atoms with Crippen LogP contribution in [-0.4, -0.2) is 24.9 Å². The third kappa shape index (κ3) is 3.91. The number of benzene rings is 2. The third-order valence-electron chi connectivity index (χ3n) is 3.19. The molecule has 0 heterocycles. The van der Waals surface area contributed by atoms with Gasteiger partial charge in [-0.2, -0.15) is 0 Å². The fraction of sp³-hybridized carbons (Fsp3) is 0.176. The minimum absolute atomic E-state index is 0.00316. The van der Waals surface area contributed by atoms with Gasteiger partial charge in [-0.15, -0.1) is 0 Å². The van der Waals surface area contributed by atoms with Gasteiger partial charge in [-0.25, -0.2) is 4.39 Å². The summed E-state index contributed by atoms with van der Waals surface area (Å²) in [5, 5.41) is 2.62. The molecular formula is C17H17FN2O2. The molecule has 0 aliphatic carbocycles. The zero-order chi connectivity index (χ0) is 15.9. The Bertz CT molecular complexity index is 659. The van der Waals surface area contributed by atoms with E-state index in [2.05, 4.69) is 5.32 Å². The van der Waals surface area contributed by atoms with Crippen LogP contribution in [0.2, 0.25) is 0 Å². The highest BCUT2D eigenvalue weighted by Crippen LogP contribution is 2.12. The van der Waals surface area contributed by atoms with E-state index in [0.29, 0.717) is 6.54 Å². The molecule has 5 heteroatoms. The molecule has 22 heavy (non-hydrogen) atoms. The normalized spacial score (nSPS) is 10.1. The van der Waals surface area contributed by atoms with Gasteiger partial charge in [0.05, 0.1) is 5.56 Å². The van der Waals surface area contributed by atoms with E-state index in [9.17, 15) is 14.0 Å². The molecule has 0 spiro atoms. The van der Waals surface area contributed by atoms with Crippen molar-refractivity contribution >= 4 is 17.5 Å². The molecule has 2 aromatic rings. The Morgan fingerprint density at radius 1 is 1.05 bits per heavy atom. The molecule has 4 nitrogen and oxygen atoms in total. The van der Waals surface area contributed by atoms with Crippen molar-refractivity contribution in [3.63, 3.8) is 0 Å². The van der Waals surface area contributed by atoms with E-state index in [0.717, 1.165) is 5.69 Å². The summed E-state index contributed by atoms with van der Waals surface area (Å²) in [6.45, 7) is 2.02. The fourth-order valence-electron chi connectivity index (χ4n) is 2.10. The van der Waals surface area contributed by atoms with Crippen LogP contribution in [-0.2, 0) is 4.79 Å². The number of anilines is 1. The Morgan fingerprint density at radius 3 is 2.32 bits per heavy atom. The number of hydrogen-bond donors (Lipinski definition) is 1. The van der Waals surface area contributed by atoms with Crippen molar-refractivity contribution in [1.82, 2.24) is 5.32 Å². The van der Waals surface area contributed by atoms with Gasteiger partial charge in [0.25, 0.3) is 5.91 Å². The van der Waals surface area contributed by atoms with Gasteiger partial charge in [0.1, 0.15) is 5.82 Å². The number of carbonyl (C=O) groups excluding carboxylic acids is 2. The van der Waals surface area contributed by atoms with Crippen LogP contribution in [0.3, 0.4) is 0 Å². The van der Waals surface area contributed by atoms with Crippen LogP contribution in [0.1, 0.15) is 17.3 Å². The van der Waals surface area contributed by atoms with Crippen LogP contribution < -0.4 is 10.2 Å². The molecule has 0 aliphatic heterocycles. The summed E-state index contributed by atoms with van der Waals surface area (Å²) in [4.78, 5) is 25.2. The lowest BCUT2D eigenvalue weighted by molar-refractivity contribution is -0.116. The molecule has 1 N–H and O–H groups in total. The maximum absolute atomic E-state index is 13.5. The molecule has 0 aliphatic rings. The first-order chi connectivity index (χ1) is 10.6. The molecule has 2 aromatic carbocycles. The van der Waals surface area contributed by atoms with E-state index in [1.165, 1.54) is 25.1 Å². The Balaban J connectivity index is 1.96. The number of rotatable bonds is 5. The second-order valence-corrected chi connectivity index (χ2v) is 4.74. The lowest BCUT2D eigenvalue weighted by Gasteiger charge is -2.21. The molecule has 0 unspecified atom stereocenters. The van der Waals surface area contributed by atoms with Gasteiger partial charge in [-0.3, -0.25) is 9.59 Å². The zero-order valence-corrected chi connectivity index (χ0v) is 12.3. The molecule has 0 saturated heterocycles. The lowest BCUT2D eigenvalue weighted by Crippen LogP contribution is -2.37. The second kappa shape index (κ2) is 7.36. The molecule has 0 aromatic heterocycles. The fourth-order valence-corrected chi connectivity index (χ4v) is 2.10. The topological polar surface area (TPSA) is 49.4 Å². The van der Waals surface area contributed by atoms with Gasteiger partial charge < -0.3 is 10.2 Å². The average Bonchev–Trinajstić information content (AvgIpc) is 2.52. The number of hydrogen-bond acceptors (Lipinski definition) is 2. The van der Waals surface area contributed by atoms with Crippen molar-refractivity contribution in [3.8, 4) is 0 Å². The summed E-state index contributed by atoms with van der Waals surface area (Å²) >= 11 is 0. The quantitative estimate of drug-likeness (QED) is 0.922. The van der Waals surface area contributed by atoms with Gasteiger partial charge >= 0.3 is 0 Å². The average molecular weight is 300 g/mol. The van der Waals surface area contributed by atoms with Gasteiger partial charge in [0, 0.05) is 25.7 Å². The highest BCUT2D eigenvalue weighted by atomic mass is 19.1. The first-order valence-corrected chi connectivity index (χ1v) is 6.95. The van der Waals surface area contributed by atoms with Crippen LogP contribution in [0, 0.1) is 5.82 Å². The van der Waals surface area contributed by atoms with Gasteiger partial charge in [0.2, 0.25) is 5.91 Å². The Kier molecular flexibility index (Phi) is 5.25. The second-order valence-electron chi connectivity index (χ2n) is 4.74. The summed E-state index contributed by atoms with van der Waals surface area (Å²) in [6, 6.07) is 15.0. The van der Waals surface area contributed by atoms with Crippen molar-refractivity contribution < 1.29 is 14.0 Å². The summed E-state index contributed by atoms with van der Waals surface area (Å²) < 4.78 is 13.5. The summed E-state index contributed by atoms with van der Waals surface area (Å²) in [5.41, 5.74) is 0.756. The predicted octanol–water partition coefficient (Wildman–Crippen LogP) is 2.61. The van der Waals surface area contributed by atoms with E-state index >= 15 is 0 Å². The Labute approximate surface area is 128 Å². The largest absolute Gasteiger partial charge is 0.350 e. The highest BCUT2D eigenvalue weighted by molar-refractivity contribution is 5.95. The summed E-state index contributed by atoms with van der Waals surface area (Å²) in [7, 11) is 0. The Hall–Kier alpha value is -2.69. The molecule has 0 fully saturated rings. The smallest absolute Gasteiger partial charge is 0.254 e. The Morgan fingerprint density at radius 2 is 1.68 bits per heavy atom. The standard InChI is InChI=1S/C17H17FN2O2/c1-13(21)20(14-7-3-2-4-8-14)12-11-19-17(22)15-9-5-6-10-16(15)18/h2-10H,11-12H2,1H3,(H,19,22). The van der Waals surface area contributed by atoms with Crippen molar-refractivity contribution in [1.29, 1.82) is 0 Å². The van der Waals surface area contributed by atoms with Crippen LogP contribution in [0.15, 0.2) is 54.6 Å². The van der Waals surface area contributed by atoms with Crippen LogP contribution >= 0.6 is 0 Å². The van der Waals surface area contributed by atoms with Crippen molar-refractivity contribution in [2.75, 3.05) is 18.0 Å². The third-order valence-corrected chi connectivity index (χ3v) is 3.19. The summed E-state index contributed by atoms with van der Waals surface area (Å²) in [6.07, 6.45) is 0. The first kappa shape index (κ1) is 15.7. The van der Waals surface area contributed by atoms with Crippen LogP contribution in [0.25, 0.3) is 0 Å². The predicted molar refractivity (Wildman–Crippen MR) is 83.2 cm³/mol. The zero-order valence-electron chi connectivity index (χ0n) is 12.3. The molecule has 114 valence electrons. The van der Waals surface area contributed by atoms with E-state index in [4.69, 9.17) is 0 Å². The molecular weight excluding hydrogens is 283 g/mol. The minimum atomic E-state index is -0.563. The maximum Gasteiger partial charge on any atom is 0.254 e. The number of amides is 2. The van der Waals surface area contributed by atoms with Crippen LogP contribution in [0.5, 0.6) is 0 Å². The van der Waals surface area contributed by atoms with Gasteiger partial charge in [-0.05, 0) is 24.3 Å². The van der Waals surface area contributed by atoms with E-state index in [1.807, 2.05) is 30.3 Å². The molecule has 2 amide bonds.